The molecule has 7 heteroatoms. The second-order valence-corrected chi connectivity index (χ2v) is 6.46. The first-order chi connectivity index (χ1) is 12.6. The molecule has 0 radical (unpaired) electrons. The lowest BCUT2D eigenvalue weighted by molar-refractivity contribution is 0.0944. The van der Waals surface area contributed by atoms with E-state index < -0.39 is 0 Å². The molecule has 0 unspecified atom stereocenters. The lowest BCUT2D eigenvalue weighted by atomic mass is 10.2. The maximum absolute atomic E-state index is 12.6. The van der Waals surface area contributed by atoms with Crippen LogP contribution in [0.15, 0.2) is 48.8 Å². The van der Waals surface area contributed by atoms with E-state index in [4.69, 9.17) is 4.74 Å². The summed E-state index contributed by atoms with van der Waals surface area (Å²) in [5.74, 6) is 1.59. The monoisotopic (exact) mass is 353 g/mol. The number of ether oxygens (including phenoxy) is 1. The van der Waals surface area contributed by atoms with Gasteiger partial charge in [0.1, 0.15) is 5.75 Å². The number of rotatable bonds is 7. The summed E-state index contributed by atoms with van der Waals surface area (Å²) in [6.07, 6.45) is 3.75. The number of aromatic nitrogens is 4. The molecule has 7 nitrogen and oxygen atoms in total. The van der Waals surface area contributed by atoms with Crippen LogP contribution < -0.4 is 10.1 Å². The van der Waals surface area contributed by atoms with E-state index in [9.17, 15) is 4.79 Å². The second-order valence-electron chi connectivity index (χ2n) is 6.46. The molecule has 2 heterocycles. The van der Waals surface area contributed by atoms with Gasteiger partial charge in [-0.15, -0.1) is 5.10 Å². The first-order valence-electron chi connectivity index (χ1n) is 8.56. The lowest BCUT2D eigenvalue weighted by Crippen LogP contribution is -2.28. The Morgan fingerprint density at radius 2 is 1.88 bits per heavy atom. The van der Waals surface area contributed by atoms with E-state index in [0.29, 0.717) is 30.5 Å². The third kappa shape index (κ3) is 3.93. The average Bonchev–Trinajstić information content (AvgIpc) is 3.29. The van der Waals surface area contributed by atoms with Gasteiger partial charge in [0.05, 0.1) is 13.7 Å². The fraction of sp³-hybridized carbons (Fsp3) is 0.316. The van der Waals surface area contributed by atoms with Crippen molar-refractivity contribution in [2.45, 2.75) is 20.4 Å². The van der Waals surface area contributed by atoms with Crippen molar-refractivity contribution >= 4 is 5.91 Å². The van der Waals surface area contributed by atoms with Gasteiger partial charge in [0, 0.05) is 18.9 Å². The Morgan fingerprint density at radius 1 is 1.19 bits per heavy atom. The quantitative estimate of drug-likeness (QED) is 0.708. The van der Waals surface area contributed by atoms with E-state index in [2.05, 4.69) is 15.6 Å². The molecule has 0 aliphatic rings. The topological polar surface area (TPSA) is 74.0 Å². The van der Waals surface area contributed by atoms with Gasteiger partial charge in [-0.3, -0.25) is 4.79 Å². The van der Waals surface area contributed by atoms with Gasteiger partial charge in [0.2, 0.25) is 0 Å². The highest BCUT2D eigenvalue weighted by atomic mass is 16.5. The first-order valence-corrected chi connectivity index (χ1v) is 8.56. The van der Waals surface area contributed by atoms with Crippen molar-refractivity contribution in [1.82, 2.24) is 24.9 Å². The Kier molecular flexibility index (Phi) is 5.36. The SMILES string of the molecule is COc1ccc(Cn2nnc(C(=O)NCC(C)C)c2-n2cccc2)cc1. The van der Waals surface area contributed by atoms with Crippen LogP contribution >= 0.6 is 0 Å². The summed E-state index contributed by atoms with van der Waals surface area (Å²) in [7, 11) is 1.64. The number of carbonyl (C=O) groups excluding carboxylic acids is 1. The average molecular weight is 353 g/mol. The molecule has 0 aliphatic heterocycles. The van der Waals surface area contributed by atoms with Crippen LogP contribution in [-0.2, 0) is 6.54 Å². The normalized spacial score (nSPS) is 10.9. The van der Waals surface area contributed by atoms with Crippen LogP contribution in [0.1, 0.15) is 29.9 Å². The van der Waals surface area contributed by atoms with E-state index in [1.807, 2.05) is 67.2 Å². The molecular weight excluding hydrogens is 330 g/mol. The van der Waals surface area contributed by atoms with Gasteiger partial charge in [-0.2, -0.15) is 0 Å². The molecule has 3 aromatic rings. The molecule has 3 rings (SSSR count). The molecule has 0 saturated carbocycles. The van der Waals surface area contributed by atoms with Crippen LogP contribution in [-0.4, -0.2) is 39.1 Å². The summed E-state index contributed by atoms with van der Waals surface area (Å²) in [6, 6.07) is 11.5. The molecular formula is C19H23N5O2. The number of benzene rings is 1. The van der Waals surface area contributed by atoms with Gasteiger partial charge in [0.25, 0.3) is 5.91 Å². The minimum absolute atomic E-state index is 0.219. The highest BCUT2D eigenvalue weighted by Crippen LogP contribution is 2.17. The number of methoxy groups -OCH3 is 1. The van der Waals surface area contributed by atoms with Gasteiger partial charge >= 0.3 is 0 Å². The van der Waals surface area contributed by atoms with E-state index in [1.165, 1.54) is 0 Å². The predicted octanol–water partition coefficient (Wildman–Crippen LogP) is 2.51. The summed E-state index contributed by atoms with van der Waals surface area (Å²) >= 11 is 0. The lowest BCUT2D eigenvalue weighted by Gasteiger charge is -2.11. The third-order valence-corrected chi connectivity index (χ3v) is 3.94. The van der Waals surface area contributed by atoms with E-state index in [-0.39, 0.29) is 5.91 Å². The molecule has 136 valence electrons. The van der Waals surface area contributed by atoms with Crippen molar-refractivity contribution in [3.63, 3.8) is 0 Å². The highest BCUT2D eigenvalue weighted by molar-refractivity contribution is 5.95. The maximum atomic E-state index is 12.6. The number of nitrogens with one attached hydrogen (secondary N) is 1. The molecule has 0 bridgehead atoms. The van der Waals surface area contributed by atoms with Crippen molar-refractivity contribution in [1.29, 1.82) is 0 Å². The molecule has 0 fully saturated rings. The summed E-state index contributed by atoms with van der Waals surface area (Å²) in [5, 5.41) is 11.3. The van der Waals surface area contributed by atoms with Crippen molar-refractivity contribution in [3.05, 3.63) is 60.0 Å². The molecule has 2 aromatic heterocycles. The molecule has 26 heavy (non-hydrogen) atoms. The van der Waals surface area contributed by atoms with Crippen LogP contribution in [0.25, 0.3) is 5.82 Å². The number of carbonyl (C=O) groups is 1. The Bertz CT molecular complexity index is 851. The van der Waals surface area contributed by atoms with Gasteiger partial charge < -0.3 is 14.6 Å². The minimum Gasteiger partial charge on any atom is -0.497 e. The number of amides is 1. The molecule has 1 N–H and O–H groups in total. The standard InChI is InChI=1S/C19H23N5O2/c1-14(2)12-20-18(25)17-19(23-10-4-5-11-23)24(22-21-17)13-15-6-8-16(26-3)9-7-15/h4-11,14H,12-13H2,1-3H3,(H,20,25). The summed E-state index contributed by atoms with van der Waals surface area (Å²) in [5.41, 5.74) is 1.36. The van der Waals surface area contributed by atoms with Gasteiger partial charge in [-0.1, -0.05) is 31.2 Å². The molecule has 1 aromatic carbocycles. The van der Waals surface area contributed by atoms with Crippen molar-refractivity contribution in [2.75, 3.05) is 13.7 Å². The van der Waals surface area contributed by atoms with Crippen molar-refractivity contribution in [3.8, 4) is 11.6 Å². The molecule has 1 amide bonds. The zero-order chi connectivity index (χ0) is 18.5. The van der Waals surface area contributed by atoms with E-state index >= 15 is 0 Å². The molecule has 0 atom stereocenters. The maximum Gasteiger partial charge on any atom is 0.275 e. The highest BCUT2D eigenvalue weighted by Gasteiger charge is 2.21. The van der Waals surface area contributed by atoms with Gasteiger partial charge in [0.15, 0.2) is 11.5 Å². The minimum atomic E-state index is -0.219. The zero-order valence-corrected chi connectivity index (χ0v) is 15.2. The fourth-order valence-electron chi connectivity index (χ4n) is 2.58. The Morgan fingerprint density at radius 3 is 2.50 bits per heavy atom. The van der Waals surface area contributed by atoms with Crippen molar-refractivity contribution in [2.24, 2.45) is 5.92 Å². The number of hydrogen-bond donors (Lipinski definition) is 1. The van der Waals surface area contributed by atoms with Crippen LogP contribution in [0.2, 0.25) is 0 Å². The van der Waals surface area contributed by atoms with Gasteiger partial charge in [-0.05, 0) is 35.7 Å². The molecule has 0 spiro atoms. The summed E-state index contributed by atoms with van der Waals surface area (Å²) in [6.45, 7) is 5.19. The Balaban J connectivity index is 1.91. The van der Waals surface area contributed by atoms with E-state index in [1.54, 1.807) is 11.8 Å². The molecule has 0 aliphatic carbocycles. The second kappa shape index (κ2) is 7.86. The zero-order valence-electron chi connectivity index (χ0n) is 15.2. The van der Waals surface area contributed by atoms with Crippen LogP contribution in [0.3, 0.4) is 0 Å². The summed E-state index contributed by atoms with van der Waals surface area (Å²) < 4.78 is 8.78. The number of hydrogen-bond acceptors (Lipinski definition) is 4. The summed E-state index contributed by atoms with van der Waals surface area (Å²) in [4.78, 5) is 12.6. The van der Waals surface area contributed by atoms with Crippen molar-refractivity contribution < 1.29 is 9.53 Å². The smallest absolute Gasteiger partial charge is 0.275 e. The van der Waals surface area contributed by atoms with Gasteiger partial charge in [-0.25, -0.2) is 4.68 Å². The van der Waals surface area contributed by atoms with Crippen LogP contribution in [0.5, 0.6) is 5.75 Å². The Labute approximate surface area is 152 Å². The fourth-order valence-corrected chi connectivity index (χ4v) is 2.58. The largest absolute Gasteiger partial charge is 0.497 e. The molecule has 0 saturated heterocycles. The Hall–Kier alpha value is -3.09. The predicted molar refractivity (Wildman–Crippen MR) is 98.6 cm³/mol. The van der Waals surface area contributed by atoms with E-state index in [0.717, 1.165) is 11.3 Å². The van der Waals surface area contributed by atoms with Crippen LogP contribution in [0, 0.1) is 5.92 Å². The first kappa shape index (κ1) is 17.7. The number of nitrogens with zero attached hydrogens (tertiary/aromatic N) is 4. The third-order valence-electron chi connectivity index (χ3n) is 3.94. The van der Waals surface area contributed by atoms with Crippen LogP contribution in [0.4, 0.5) is 0 Å².